The SMILES string of the molecule is CCc1ccc(NC(=O)N2CCc3ccccc3C2CC(=O)O)cc1. The maximum Gasteiger partial charge on any atom is 0.322 e. The summed E-state index contributed by atoms with van der Waals surface area (Å²) >= 11 is 0. The Balaban J connectivity index is 1.81. The van der Waals surface area contributed by atoms with Crippen molar-refractivity contribution in [1.82, 2.24) is 4.90 Å². The van der Waals surface area contributed by atoms with E-state index in [2.05, 4.69) is 12.2 Å². The third-order valence-corrected chi connectivity index (χ3v) is 4.65. The quantitative estimate of drug-likeness (QED) is 0.889. The van der Waals surface area contributed by atoms with E-state index in [9.17, 15) is 14.7 Å². The van der Waals surface area contributed by atoms with E-state index >= 15 is 0 Å². The first-order valence-electron chi connectivity index (χ1n) is 8.54. The van der Waals surface area contributed by atoms with E-state index < -0.39 is 12.0 Å². The summed E-state index contributed by atoms with van der Waals surface area (Å²) in [5.74, 6) is -0.910. The van der Waals surface area contributed by atoms with Gasteiger partial charge in [0.25, 0.3) is 0 Å². The van der Waals surface area contributed by atoms with Crippen LogP contribution in [0.3, 0.4) is 0 Å². The molecule has 2 amide bonds. The number of anilines is 1. The molecule has 0 aromatic heterocycles. The molecule has 5 nitrogen and oxygen atoms in total. The highest BCUT2D eigenvalue weighted by atomic mass is 16.4. The molecule has 2 aromatic rings. The molecule has 0 aliphatic carbocycles. The van der Waals surface area contributed by atoms with Crippen LogP contribution in [0.15, 0.2) is 48.5 Å². The molecular weight excluding hydrogens is 316 g/mol. The first-order valence-corrected chi connectivity index (χ1v) is 8.54. The van der Waals surface area contributed by atoms with Crippen molar-refractivity contribution in [1.29, 1.82) is 0 Å². The molecule has 130 valence electrons. The zero-order chi connectivity index (χ0) is 17.8. The van der Waals surface area contributed by atoms with Crippen LogP contribution in [0.2, 0.25) is 0 Å². The number of fused-ring (bicyclic) bond motifs is 1. The van der Waals surface area contributed by atoms with Crippen LogP contribution in [0.25, 0.3) is 0 Å². The molecule has 1 atom stereocenters. The van der Waals surface area contributed by atoms with Crippen LogP contribution >= 0.6 is 0 Å². The number of carboxylic acids is 1. The predicted molar refractivity (Wildman–Crippen MR) is 96.7 cm³/mol. The Labute approximate surface area is 147 Å². The monoisotopic (exact) mass is 338 g/mol. The van der Waals surface area contributed by atoms with Gasteiger partial charge in [0, 0.05) is 12.2 Å². The number of carboxylic acid groups (broad SMARTS) is 1. The van der Waals surface area contributed by atoms with Gasteiger partial charge in [-0.1, -0.05) is 43.3 Å². The molecule has 0 saturated carbocycles. The molecule has 1 aliphatic heterocycles. The third-order valence-electron chi connectivity index (χ3n) is 4.65. The van der Waals surface area contributed by atoms with E-state index in [1.807, 2.05) is 48.5 Å². The largest absolute Gasteiger partial charge is 0.481 e. The number of amides is 2. The summed E-state index contributed by atoms with van der Waals surface area (Å²) in [7, 11) is 0. The maximum atomic E-state index is 12.7. The number of hydrogen-bond acceptors (Lipinski definition) is 2. The Hall–Kier alpha value is -2.82. The lowest BCUT2D eigenvalue weighted by molar-refractivity contribution is -0.138. The fourth-order valence-electron chi connectivity index (χ4n) is 3.30. The highest BCUT2D eigenvalue weighted by molar-refractivity contribution is 5.90. The topological polar surface area (TPSA) is 69.6 Å². The highest BCUT2D eigenvalue weighted by Gasteiger charge is 2.32. The molecule has 1 heterocycles. The molecule has 0 saturated heterocycles. The lowest BCUT2D eigenvalue weighted by atomic mass is 9.91. The van der Waals surface area contributed by atoms with Gasteiger partial charge in [0.05, 0.1) is 12.5 Å². The van der Waals surface area contributed by atoms with Crippen molar-refractivity contribution in [3.05, 3.63) is 65.2 Å². The first kappa shape index (κ1) is 17.0. The zero-order valence-electron chi connectivity index (χ0n) is 14.2. The number of benzene rings is 2. The Morgan fingerprint density at radius 3 is 2.56 bits per heavy atom. The fraction of sp³-hybridized carbons (Fsp3) is 0.300. The summed E-state index contributed by atoms with van der Waals surface area (Å²) < 4.78 is 0. The van der Waals surface area contributed by atoms with Gasteiger partial charge < -0.3 is 15.3 Å². The molecule has 0 fully saturated rings. The van der Waals surface area contributed by atoms with Gasteiger partial charge in [-0.15, -0.1) is 0 Å². The van der Waals surface area contributed by atoms with Crippen LogP contribution in [0, 0.1) is 0 Å². The zero-order valence-corrected chi connectivity index (χ0v) is 14.2. The lowest BCUT2D eigenvalue weighted by Gasteiger charge is -2.36. The van der Waals surface area contributed by atoms with Gasteiger partial charge in [0.2, 0.25) is 0 Å². The highest BCUT2D eigenvalue weighted by Crippen LogP contribution is 2.32. The van der Waals surface area contributed by atoms with Crippen molar-refractivity contribution in [3.8, 4) is 0 Å². The molecule has 25 heavy (non-hydrogen) atoms. The summed E-state index contributed by atoms with van der Waals surface area (Å²) in [6, 6.07) is 14.8. The fourth-order valence-corrected chi connectivity index (χ4v) is 3.30. The number of hydrogen-bond donors (Lipinski definition) is 2. The summed E-state index contributed by atoms with van der Waals surface area (Å²) in [6.45, 7) is 2.59. The molecule has 0 spiro atoms. The van der Waals surface area contributed by atoms with Crippen molar-refractivity contribution >= 4 is 17.7 Å². The number of nitrogens with zero attached hydrogens (tertiary/aromatic N) is 1. The average molecular weight is 338 g/mol. The van der Waals surface area contributed by atoms with Crippen molar-refractivity contribution < 1.29 is 14.7 Å². The van der Waals surface area contributed by atoms with Gasteiger partial charge in [-0.25, -0.2) is 4.79 Å². The average Bonchev–Trinajstić information content (AvgIpc) is 2.62. The van der Waals surface area contributed by atoms with Gasteiger partial charge in [0.1, 0.15) is 0 Å². The van der Waals surface area contributed by atoms with Crippen LogP contribution < -0.4 is 5.32 Å². The predicted octanol–water partition coefficient (Wildman–Crippen LogP) is 3.86. The minimum absolute atomic E-state index is 0.0980. The van der Waals surface area contributed by atoms with E-state index in [-0.39, 0.29) is 12.5 Å². The van der Waals surface area contributed by atoms with E-state index in [0.717, 1.165) is 29.7 Å². The Morgan fingerprint density at radius 1 is 1.16 bits per heavy atom. The van der Waals surface area contributed by atoms with Crippen LogP contribution in [-0.2, 0) is 17.6 Å². The molecule has 1 aliphatic rings. The van der Waals surface area contributed by atoms with Crippen molar-refractivity contribution in [2.24, 2.45) is 0 Å². The molecule has 2 N–H and O–H groups in total. The normalized spacial score (nSPS) is 16.2. The second-order valence-electron chi connectivity index (χ2n) is 6.24. The molecule has 2 aromatic carbocycles. The molecular formula is C20H22N2O3. The van der Waals surface area contributed by atoms with E-state index in [1.165, 1.54) is 5.56 Å². The minimum Gasteiger partial charge on any atom is -0.481 e. The number of carbonyl (C=O) groups is 2. The number of nitrogens with one attached hydrogen (secondary N) is 1. The van der Waals surface area contributed by atoms with Crippen molar-refractivity contribution in [2.45, 2.75) is 32.2 Å². The van der Waals surface area contributed by atoms with Crippen molar-refractivity contribution in [3.63, 3.8) is 0 Å². The van der Waals surface area contributed by atoms with Crippen LogP contribution in [0.1, 0.15) is 36.1 Å². The summed E-state index contributed by atoms with van der Waals surface area (Å²) in [5, 5.41) is 12.2. The smallest absolute Gasteiger partial charge is 0.322 e. The molecule has 0 radical (unpaired) electrons. The summed E-state index contributed by atoms with van der Waals surface area (Å²) in [4.78, 5) is 25.7. The van der Waals surface area contributed by atoms with Crippen LogP contribution in [0.4, 0.5) is 10.5 Å². The number of urea groups is 1. The Morgan fingerprint density at radius 2 is 1.88 bits per heavy atom. The second kappa shape index (κ2) is 7.38. The second-order valence-corrected chi connectivity index (χ2v) is 6.24. The number of carbonyl (C=O) groups excluding carboxylic acids is 1. The summed E-state index contributed by atoms with van der Waals surface area (Å²) in [5.41, 5.74) is 3.96. The van der Waals surface area contributed by atoms with Gasteiger partial charge in [0.15, 0.2) is 0 Å². The van der Waals surface area contributed by atoms with Crippen LogP contribution in [0.5, 0.6) is 0 Å². The number of aryl methyl sites for hydroxylation is 1. The number of aliphatic carboxylic acids is 1. The van der Waals surface area contributed by atoms with Gasteiger partial charge >= 0.3 is 12.0 Å². The molecule has 1 unspecified atom stereocenters. The maximum absolute atomic E-state index is 12.7. The van der Waals surface area contributed by atoms with Crippen LogP contribution in [-0.4, -0.2) is 28.6 Å². The van der Waals surface area contributed by atoms with Gasteiger partial charge in [-0.2, -0.15) is 0 Å². The minimum atomic E-state index is -0.910. The van der Waals surface area contributed by atoms with Gasteiger partial charge in [-0.3, -0.25) is 4.79 Å². The third kappa shape index (κ3) is 3.82. The van der Waals surface area contributed by atoms with Crippen molar-refractivity contribution in [2.75, 3.05) is 11.9 Å². The van der Waals surface area contributed by atoms with Gasteiger partial charge in [-0.05, 0) is 41.7 Å². The Kier molecular flexibility index (Phi) is 5.03. The molecule has 5 heteroatoms. The summed E-state index contributed by atoms with van der Waals surface area (Å²) in [6.07, 6.45) is 1.57. The number of rotatable bonds is 4. The first-order chi connectivity index (χ1) is 12.1. The van der Waals surface area contributed by atoms with E-state index in [1.54, 1.807) is 4.90 Å². The lowest BCUT2D eigenvalue weighted by Crippen LogP contribution is -2.43. The van der Waals surface area contributed by atoms with E-state index in [0.29, 0.717) is 6.54 Å². The molecule has 3 rings (SSSR count). The molecule has 0 bridgehead atoms. The van der Waals surface area contributed by atoms with E-state index in [4.69, 9.17) is 0 Å². The standard InChI is InChI=1S/C20H22N2O3/c1-2-14-7-9-16(10-8-14)21-20(25)22-12-11-15-5-3-4-6-17(15)18(22)13-19(23)24/h3-10,18H,2,11-13H2,1H3,(H,21,25)(H,23,24). The Bertz CT molecular complexity index is 771.